The van der Waals surface area contributed by atoms with E-state index in [0.717, 1.165) is 12.8 Å². The minimum atomic E-state index is 0.453. The van der Waals surface area contributed by atoms with Gasteiger partial charge >= 0.3 is 0 Å². The molecule has 0 amide bonds. The fourth-order valence-corrected chi connectivity index (χ4v) is 3.69. The summed E-state index contributed by atoms with van der Waals surface area (Å²) in [5.74, 6) is 0.453. The molecular weight excluding hydrogens is 313 g/mol. The largest absolute Gasteiger partial charge is 0.364 e. The van der Waals surface area contributed by atoms with Gasteiger partial charge in [0.25, 0.3) is 0 Å². The van der Waals surface area contributed by atoms with Crippen molar-refractivity contribution in [3.05, 3.63) is 27.8 Å². The van der Waals surface area contributed by atoms with E-state index < -0.39 is 0 Å². The average Bonchev–Trinajstić information content (AvgIpc) is 2.53. The second kappa shape index (κ2) is 4.02. The van der Waals surface area contributed by atoms with Crippen LogP contribution in [0.1, 0.15) is 25.7 Å². The van der Waals surface area contributed by atoms with E-state index >= 15 is 0 Å². The van der Waals surface area contributed by atoms with Crippen LogP contribution >= 0.6 is 22.6 Å². The maximum absolute atomic E-state index is 11.6. The smallest absolute Gasteiger partial charge is 0.137 e. The maximum atomic E-state index is 11.6. The molecule has 2 bridgehead atoms. The molecule has 16 heavy (non-hydrogen) atoms. The summed E-state index contributed by atoms with van der Waals surface area (Å²) in [6, 6.07) is 9.41. The van der Waals surface area contributed by atoms with E-state index in [1.807, 2.05) is 0 Å². The van der Waals surface area contributed by atoms with Crippen molar-refractivity contribution in [2.24, 2.45) is 0 Å². The number of anilines is 1. The molecule has 84 valence electrons. The molecule has 0 radical (unpaired) electrons. The van der Waals surface area contributed by atoms with Gasteiger partial charge < -0.3 is 4.90 Å². The highest BCUT2D eigenvalue weighted by atomic mass is 127. The molecule has 2 atom stereocenters. The first kappa shape index (κ1) is 10.6. The van der Waals surface area contributed by atoms with E-state index in [0.29, 0.717) is 17.9 Å². The molecule has 2 nitrogen and oxygen atoms in total. The Labute approximate surface area is 109 Å². The third-order valence-electron chi connectivity index (χ3n) is 3.68. The quantitative estimate of drug-likeness (QED) is 0.739. The van der Waals surface area contributed by atoms with Crippen LogP contribution in [0.15, 0.2) is 24.3 Å². The maximum Gasteiger partial charge on any atom is 0.137 e. The summed E-state index contributed by atoms with van der Waals surface area (Å²) in [5, 5.41) is 0. The molecule has 2 aliphatic heterocycles. The van der Waals surface area contributed by atoms with Crippen LogP contribution in [0, 0.1) is 3.57 Å². The van der Waals surface area contributed by atoms with Crippen LogP contribution < -0.4 is 4.90 Å². The van der Waals surface area contributed by atoms with Gasteiger partial charge in [-0.15, -0.1) is 0 Å². The number of Topliss-reactive ketones (excluding diaryl/α,β-unsaturated/α-hetero) is 1. The molecule has 1 aromatic rings. The summed E-state index contributed by atoms with van der Waals surface area (Å²) >= 11 is 2.39. The van der Waals surface area contributed by atoms with Crippen molar-refractivity contribution < 1.29 is 4.79 Å². The van der Waals surface area contributed by atoms with Crippen LogP contribution in [0.2, 0.25) is 0 Å². The summed E-state index contributed by atoms with van der Waals surface area (Å²) in [4.78, 5) is 14.0. The lowest BCUT2D eigenvalue weighted by atomic mass is 10.0. The molecular formula is C13H14INO. The van der Waals surface area contributed by atoms with E-state index in [2.05, 4.69) is 51.8 Å². The average molecular weight is 327 g/mol. The van der Waals surface area contributed by atoms with E-state index in [9.17, 15) is 4.79 Å². The SMILES string of the molecule is O=C1CC2CCC(C1)N2c1ccccc1I. The van der Waals surface area contributed by atoms with Gasteiger partial charge in [0.15, 0.2) is 0 Å². The zero-order valence-corrected chi connectivity index (χ0v) is 11.2. The lowest BCUT2D eigenvalue weighted by Gasteiger charge is -2.36. The van der Waals surface area contributed by atoms with Crippen molar-refractivity contribution in [3.63, 3.8) is 0 Å². The van der Waals surface area contributed by atoms with Gasteiger partial charge in [-0.3, -0.25) is 4.79 Å². The Hall–Kier alpha value is -0.580. The lowest BCUT2D eigenvalue weighted by Crippen LogP contribution is -2.43. The molecule has 3 rings (SSSR count). The number of hydrogen-bond donors (Lipinski definition) is 0. The molecule has 3 heteroatoms. The molecule has 1 aromatic carbocycles. The van der Waals surface area contributed by atoms with Crippen LogP contribution in [-0.2, 0) is 4.79 Å². The van der Waals surface area contributed by atoms with Crippen molar-refractivity contribution in [2.75, 3.05) is 4.90 Å². The second-order valence-electron chi connectivity index (χ2n) is 4.69. The summed E-state index contributed by atoms with van der Waals surface area (Å²) in [6.45, 7) is 0. The molecule has 2 heterocycles. The van der Waals surface area contributed by atoms with Crippen molar-refractivity contribution in [1.29, 1.82) is 0 Å². The molecule has 0 spiro atoms. The number of carbonyl (C=O) groups excluding carboxylic acids is 1. The molecule has 2 fully saturated rings. The van der Waals surface area contributed by atoms with Crippen LogP contribution in [-0.4, -0.2) is 17.9 Å². The number of rotatable bonds is 1. The Bertz CT molecular complexity index is 416. The van der Waals surface area contributed by atoms with Gasteiger partial charge in [0.05, 0.1) is 5.69 Å². The molecule has 0 saturated carbocycles. The number of para-hydroxylation sites is 1. The standard InChI is InChI=1S/C13H14INO/c14-12-3-1-2-4-13(12)15-9-5-6-10(15)8-11(16)7-9/h1-4,9-10H,5-8H2. The van der Waals surface area contributed by atoms with Crippen molar-refractivity contribution in [3.8, 4) is 0 Å². The lowest BCUT2D eigenvalue weighted by molar-refractivity contribution is -0.120. The number of ketones is 1. The number of carbonyl (C=O) groups is 1. The van der Waals surface area contributed by atoms with Crippen molar-refractivity contribution >= 4 is 34.1 Å². The molecule has 2 unspecified atom stereocenters. The summed E-state index contributed by atoms with van der Waals surface area (Å²) in [5.41, 5.74) is 1.32. The van der Waals surface area contributed by atoms with E-state index in [-0.39, 0.29) is 0 Å². The molecule has 2 aliphatic rings. The third-order valence-corrected chi connectivity index (χ3v) is 4.59. The highest BCUT2D eigenvalue weighted by molar-refractivity contribution is 14.1. The van der Waals surface area contributed by atoms with E-state index in [4.69, 9.17) is 0 Å². The van der Waals surface area contributed by atoms with Crippen LogP contribution in [0.25, 0.3) is 0 Å². The zero-order valence-electron chi connectivity index (χ0n) is 9.03. The number of fused-ring (bicyclic) bond motifs is 2. The van der Waals surface area contributed by atoms with E-state index in [1.165, 1.54) is 22.1 Å². The first-order valence-electron chi connectivity index (χ1n) is 5.80. The number of benzene rings is 1. The van der Waals surface area contributed by atoms with Gasteiger partial charge in [0.2, 0.25) is 0 Å². The number of piperidine rings is 1. The van der Waals surface area contributed by atoms with E-state index in [1.54, 1.807) is 0 Å². The van der Waals surface area contributed by atoms with Gasteiger partial charge in [0, 0.05) is 28.5 Å². The zero-order chi connectivity index (χ0) is 11.1. The van der Waals surface area contributed by atoms with Gasteiger partial charge in [-0.05, 0) is 47.6 Å². The Kier molecular flexibility index (Phi) is 2.65. The molecule has 0 aliphatic carbocycles. The molecule has 2 saturated heterocycles. The van der Waals surface area contributed by atoms with Gasteiger partial charge in [-0.1, -0.05) is 12.1 Å². The van der Waals surface area contributed by atoms with Crippen LogP contribution in [0.4, 0.5) is 5.69 Å². The monoisotopic (exact) mass is 327 g/mol. The third kappa shape index (κ3) is 1.65. The van der Waals surface area contributed by atoms with Gasteiger partial charge in [-0.25, -0.2) is 0 Å². The Morgan fingerprint density at radius 2 is 1.75 bits per heavy atom. The highest BCUT2D eigenvalue weighted by Gasteiger charge is 2.40. The van der Waals surface area contributed by atoms with Crippen LogP contribution in [0.5, 0.6) is 0 Å². The first-order chi connectivity index (χ1) is 7.75. The summed E-state index contributed by atoms with van der Waals surface area (Å²) < 4.78 is 1.30. The van der Waals surface area contributed by atoms with Crippen molar-refractivity contribution in [1.82, 2.24) is 0 Å². The van der Waals surface area contributed by atoms with Gasteiger partial charge in [0.1, 0.15) is 5.78 Å². The predicted octanol–water partition coefficient (Wildman–Crippen LogP) is 2.99. The van der Waals surface area contributed by atoms with Crippen molar-refractivity contribution in [2.45, 2.75) is 37.8 Å². The minimum Gasteiger partial charge on any atom is -0.364 e. The topological polar surface area (TPSA) is 20.3 Å². The predicted molar refractivity (Wildman–Crippen MR) is 72.7 cm³/mol. The number of nitrogens with zero attached hydrogens (tertiary/aromatic N) is 1. The van der Waals surface area contributed by atoms with Gasteiger partial charge in [-0.2, -0.15) is 0 Å². The van der Waals surface area contributed by atoms with Crippen LogP contribution in [0.3, 0.4) is 0 Å². The Morgan fingerprint density at radius 3 is 2.38 bits per heavy atom. The Balaban J connectivity index is 1.97. The molecule has 0 N–H and O–H groups in total. The molecule has 0 aromatic heterocycles. The number of hydrogen-bond acceptors (Lipinski definition) is 2. The minimum absolute atomic E-state index is 0.453. The second-order valence-corrected chi connectivity index (χ2v) is 5.85. The fourth-order valence-electron chi connectivity index (χ4n) is 3.03. The first-order valence-corrected chi connectivity index (χ1v) is 6.88. The Morgan fingerprint density at radius 1 is 1.12 bits per heavy atom. The summed E-state index contributed by atoms with van der Waals surface area (Å²) in [6.07, 6.45) is 3.87. The fraction of sp³-hybridized carbons (Fsp3) is 0.462. The highest BCUT2D eigenvalue weighted by Crippen LogP contribution is 2.39. The normalized spacial score (nSPS) is 28.6. The summed E-state index contributed by atoms with van der Waals surface area (Å²) in [7, 11) is 0. The number of halogens is 1.